The minimum atomic E-state index is -0.196. The molecule has 0 radical (unpaired) electrons. The molecular formula is C16H26N2O. The molecular weight excluding hydrogens is 236 g/mol. The van der Waals surface area contributed by atoms with Gasteiger partial charge in [0.25, 0.3) is 0 Å². The lowest BCUT2D eigenvalue weighted by atomic mass is 10.1. The van der Waals surface area contributed by atoms with Crippen molar-refractivity contribution < 1.29 is 4.79 Å². The van der Waals surface area contributed by atoms with Gasteiger partial charge in [0.05, 0.1) is 0 Å². The van der Waals surface area contributed by atoms with Crippen LogP contribution in [0, 0.1) is 0 Å². The third-order valence-corrected chi connectivity index (χ3v) is 3.28. The van der Waals surface area contributed by atoms with Crippen molar-refractivity contribution in [3.05, 3.63) is 35.9 Å². The Hall–Kier alpha value is -1.35. The van der Waals surface area contributed by atoms with E-state index in [1.54, 1.807) is 0 Å². The molecule has 0 atom stereocenters. The molecule has 0 spiro atoms. The second-order valence-corrected chi connectivity index (χ2v) is 5.00. The van der Waals surface area contributed by atoms with Crippen molar-refractivity contribution >= 4 is 5.91 Å². The number of amides is 1. The van der Waals surface area contributed by atoms with Crippen molar-refractivity contribution in [2.45, 2.75) is 39.0 Å². The van der Waals surface area contributed by atoms with Crippen LogP contribution in [0.2, 0.25) is 0 Å². The maximum absolute atomic E-state index is 10.8. The lowest BCUT2D eigenvalue weighted by Gasteiger charge is -2.21. The summed E-state index contributed by atoms with van der Waals surface area (Å²) < 4.78 is 0. The topological polar surface area (TPSA) is 46.3 Å². The average Bonchev–Trinajstić information content (AvgIpc) is 2.42. The number of carbonyl (C=O) groups excluding carboxylic acids is 1. The molecule has 0 fully saturated rings. The summed E-state index contributed by atoms with van der Waals surface area (Å²) >= 11 is 0. The molecule has 0 bridgehead atoms. The highest BCUT2D eigenvalue weighted by molar-refractivity contribution is 5.73. The van der Waals surface area contributed by atoms with Crippen molar-refractivity contribution in [3.63, 3.8) is 0 Å². The summed E-state index contributed by atoms with van der Waals surface area (Å²) in [7, 11) is 0. The quantitative estimate of drug-likeness (QED) is 0.704. The van der Waals surface area contributed by atoms with Crippen LogP contribution < -0.4 is 5.73 Å². The fraction of sp³-hybridized carbons (Fsp3) is 0.562. The predicted molar refractivity (Wildman–Crippen MR) is 79.9 cm³/mol. The summed E-state index contributed by atoms with van der Waals surface area (Å²) in [6, 6.07) is 10.5. The van der Waals surface area contributed by atoms with Gasteiger partial charge in [-0.25, -0.2) is 0 Å². The van der Waals surface area contributed by atoms with E-state index in [0.29, 0.717) is 6.42 Å². The Kier molecular flexibility index (Phi) is 7.91. The zero-order valence-corrected chi connectivity index (χ0v) is 12.0. The number of unbranched alkanes of at least 4 members (excludes halogenated alkanes) is 1. The lowest BCUT2D eigenvalue weighted by Crippen LogP contribution is -2.29. The van der Waals surface area contributed by atoms with Crippen LogP contribution in [0.1, 0.15) is 38.2 Å². The van der Waals surface area contributed by atoms with Crippen LogP contribution in [0.4, 0.5) is 0 Å². The summed E-state index contributed by atoms with van der Waals surface area (Å²) in [6.07, 6.45) is 4.85. The minimum absolute atomic E-state index is 0.196. The molecule has 1 aromatic carbocycles. The fourth-order valence-corrected chi connectivity index (χ4v) is 2.13. The van der Waals surface area contributed by atoms with E-state index in [4.69, 9.17) is 5.73 Å². The number of primary amides is 1. The molecule has 0 saturated heterocycles. The molecule has 1 rings (SSSR count). The lowest BCUT2D eigenvalue weighted by molar-refractivity contribution is -0.118. The molecule has 0 aliphatic heterocycles. The Balaban J connectivity index is 2.33. The third kappa shape index (κ3) is 7.62. The maximum atomic E-state index is 10.8. The van der Waals surface area contributed by atoms with Gasteiger partial charge in [0.2, 0.25) is 5.91 Å². The monoisotopic (exact) mass is 262 g/mol. The molecule has 0 heterocycles. The van der Waals surface area contributed by atoms with E-state index in [9.17, 15) is 4.79 Å². The molecule has 1 aromatic rings. The van der Waals surface area contributed by atoms with Gasteiger partial charge < -0.3 is 10.6 Å². The Morgan fingerprint density at radius 3 is 2.42 bits per heavy atom. The number of carbonyl (C=O) groups is 1. The highest BCUT2D eigenvalue weighted by Crippen LogP contribution is 2.04. The van der Waals surface area contributed by atoms with Crippen LogP contribution in [0.5, 0.6) is 0 Å². The number of nitrogens with zero attached hydrogens (tertiary/aromatic N) is 1. The highest BCUT2D eigenvalue weighted by Gasteiger charge is 2.05. The van der Waals surface area contributed by atoms with E-state index in [-0.39, 0.29) is 5.91 Å². The van der Waals surface area contributed by atoms with Crippen molar-refractivity contribution in [2.24, 2.45) is 5.73 Å². The fourth-order valence-electron chi connectivity index (χ4n) is 2.13. The molecule has 0 saturated carbocycles. The number of nitrogens with two attached hydrogens (primary N) is 1. The zero-order valence-electron chi connectivity index (χ0n) is 12.0. The first-order chi connectivity index (χ1) is 9.22. The second-order valence-electron chi connectivity index (χ2n) is 5.00. The van der Waals surface area contributed by atoms with E-state index < -0.39 is 0 Å². The minimum Gasteiger partial charge on any atom is -0.370 e. The van der Waals surface area contributed by atoms with E-state index in [1.807, 2.05) is 6.07 Å². The number of hydrogen-bond acceptors (Lipinski definition) is 2. The molecule has 0 aromatic heterocycles. The largest absolute Gasteiger partial charge is 0.370 e. The van der Waals surface area contributed by atoms with Crippen LogP contribution in [0.15, 0.2) is 30.3 Å². The predicted octanol–water partition coefficient (Wildman–Crippen LogP) is 2.60. The summed E-state index contributed by atoms with van der Waals surface area (Å²) in [4.78, 5) is 13.2. The van der Waals surface area contributed by atoms with Gasteiger partial charge in [-0.2, -0.15) is 0 Å². The maximum Gasteiger partial charge on any atom is 0.217 e. The van der Waals surface area contributed by atoms with Gasteiger partial charge in [-0.3, -0.25) is 4.79 Å². The van der Waals surface area contributed by atoms with Crippen LogP contribution in [0.3, 0.4) is 0 Å². The molecule has 106 valence electrons. The van der Waals surface area contributed by atoms with Gasteiger partial charge in [-0.1, -0.05) is 43.7 Å². The summed E-state index contributed by atoms with van der Waals surface area (Å²) in [5.74, 6) is -0.196. The summed E-state index contributed by atoms with van der Waals surface area (Å²) in [5.41, 5.74) is 6.56. The van der Waals surface area contributed by atoms with Crippen molar-refractivity contribution in [3.8, 4) is 0 Å². The first-order valence-electron chi connectivity index (χ1n) is 7.27. The number of hydrogen-bond donors (Lipinski definition) is 1. The molecule has 3 heteroatoms. The standard InChI is InChI=1S/C16H26N2O/c1-2-3-12-18(13-7-10-16(17)19)14-11-15-8-5-4-6-9-15/h4-6,8-9H,2-3,7,10-14H2,1H3,(H2,17,19). The van der Waals surface area contributed by atoms with Gasteiger partial charge in [-0.05, 0) is 37.9 Å². The molecule has 0 aliphatic carbocycles. The summed E-state index contributed by atoms with van der Waals surface area (Å²) in [6.45, 7) is 5.35. The molecule has 0 unspecified atom stereocenters. The van der Waals surface area contributed by atoms with Crippen LogP contribution in [-0.2, 0) is 11.2 Å². The Labute approximate surface area is 116 Å². The molecule has 19 heavy (non-hydrogen) atoms. The van der Waals surface area contributed by atoms with E-state index in [0.717, 1.165) is 32.5 Å². The van der Waals surface area contributed by atoms with Crippen LogP contribution >= 0.6 is 0 Å². The SMILES string of the molecule is CCCCN(CCCC(N)=O)CCc1ccccc1. The van der Waals surface area contributed by atoms with Crippen molar-refractivity contribution in [1.82, 2.24) is 4.90 Å². The van der Waals surface area contributed by atoms with E-state index in [2.05, 4.69) is 36.1 Å². The average molecular weight is 262 g/mol. The van der Waals surface area contributed by atoms with Gasteiger partial charge in [0.15, 0.2) is 0 Å². The second kappa shape index (κ2) is 9.56. The number of benzene rings is 1. The molecule has 1 amide bonds. The first-order valence-corrected chi connectivity index (χ1v) is 7.27. The Bertz CT molecular complexity index is 351. The van der Waals surface area contributed by atoms with Gasteiger partial charge >= 0.3 is 0 Å². The van der Waals surface area contributed by atoms with Gasteiger partial charge in [0.1, 0.15) is 0 Å². The molecule has 2 N–H and O–H groups in total. The zero-order chi connectivity index (χ0) is 13.9. The highest BCUT2D eigenvalue weighted by atomic mass is 16.1. The van der Waals surface area contributed by atoms with Crippen molar-refractivity contribution in [1.29, 1.82) is 0 Å². The van der Waals surface area contributed by atoms with Gasteiger partial charge in [0, 0.05) is 13.0 Å². The van der Waals surface area contributed by atoms with Gasteiger partial charge in [-0.15, -0.1) is 0 Å². The van der Waals surface area contributed by atoms with Crippen LogP contribution in [0.25, 0.3) is 0 Å². The Morgan fingerprint density at radius 2 is 1.79 bits per heavy atom. The normalized spacial score (nSPS) is 10.8. The molecule has 3 nitrogen and oxygen atoms in total. The summed E-state index contributed by atoms with van der Waals surface area (Å²) in [5, 5.41) is 0. The first kappa shape index (κ1) is 15.7. The van der Waals surface area contributed by atoms with E-state index >= 15 is 0 Å². The third-order valence-electron chi connectivity index (χ3n) is 3.28. The van der Waals surface area contributed by atoms with E-state index in [1.165, 1.54) is 18.4 Å². The van der Waals surface area contributed by atoms with Crippen LogP contribution in [-0.4, -0.2) is 30.4 Å². The smallest absolute Gasteiger partial charge is 0.217 e. The van der Waals surface area contributed by atoms with Crippen molar-refractivity contribution in [2.75, 3.05) is 19.6 Å². The Morgan fingerprint density at radius 1 is 1.11 bits per heavy atom. The number of rotatable bonds is 10. The molecule has 0 aliphatic rings.